The van der Waals surface area contributed by atoms with Gasteiger partial charge in [-0.3, -0.25) is 0 Å². The van der Waals surface area contributed by atoms with Crippen molar-refractivity contribution >= 4 is 22.6 Å². The molecule has 0 spiro atoms. The molecule has 0 saturated carbocycles. The molecule has 18 heteroatoms. The van der Waals surface area contributed by atoms with Gasteiger partial charge in [-0.2, -0.15) is 0 Å². The number of aromatic nitrogens is 2. The Morgan fingerprint density at radius 2 is 1.22 bits per heavy atom. The topological polar surface area (TPSA) is 304 Å². The van der Waals surface area contributed by atoms with Gasteiger partial charge in [-0.25, -0.2) is 4.98 Å². The molecule has 0 unspecified atom stereocenters. The maximum absolute atomic E-state index is 10.9. The van der Waals surface area contributed by atoms with Crippen LogP contribution in [0.25, 0.3) is 11.0 Å². The third-order valence-electron chi connectivity index (χ3n) is 6.06. The Morgan fingerprint density at radius 3 is 1.70 bits per heavy atom. The molecule has 0 amide bonds. The van der Waals surface area contributed by atoms with Crippen LogP contribution in [0, 0.1) is 0 Å². The molecule has 2 aromatic carbocycles. The van der Waals surface area contributed by atoms with Gasteiger partial charge in [-0.05, 0) is 12.1 Å². The first kappa shape index (κ1) is 27.0. The van der Waals surface area contributed by atoms with Crippen molar-refractivity contribution in [2.75, 3.05) is 0 Å². The summed E-state index contributed by atoms with van der Waals surface area (Å²) in [6.07, 6.45) is 0. The maximum atomic E-state index is 10.9. The van der Waals surface area contributed by atoms with E-state index in [1.54, 1.807) is 0 Å². The van der Waals surface area contributed by atoms with E-state index in [2.05, 4.69) is 4.98 Å². The number of fused-ring (bicyclic) bond motifs is 1. The summed E-state index contributed by atoms with van der Waals surface area (Å²) in [4.78, 5) is 2.69. The monoisotopic (exact) mass is 549 g/mol. The van der Waals surface area contributed by atoms with Crippen molar-refractivity contribution < 1.29 is 71.5 Å². The molecule has 202 valence electrons. The molecule has 3 aromatic rings. The number of hydrogen-bond acceptors (Lipinski definition) is 16. The fraction of sp³-hybridized carbons (Fsp3) is 0.316. The lowest BCUT2D eigenvalue weighted by Crippen LogP contribution is -2.68. The number of hydrogen-bond donors (Lipinski definition) is 14. The first-order valence-corrected chi connectivity index (χ1v) is 10.3. The lowest BCUT2D eigenvalue weighted by molar-refractivity contribution is -0.483. The number of aromatic hydroxyl groups is 4. The average Bonchev–Trinajstić information content (AvgIpc) is 3.20. The van der Waals surface area contributed by atoms with Gasteiger partial charge in [0.1, 0.15) is 5.02 Å². The number of phenols is 4. The number of imidazole rings is 1. The summed E-state index contributed by atoms with van der Waals surface area (Å²) in [7, 11) is 0. The predicted molar refractivity (Wildman–Crippen MR) is 114 cm³/mol. The fourth-order valence-corrected chi connectivity index (χ4v) is 4.23. The fourth-order valence-electron chi connectivity index (χ4n) is 4.05. The largest absolute Gasteiger partial charge is 0.504 e. The SMILES string of the molecule is Oc1c(O)c(Cn2c(C(O)(O)N3C(O)(O)C(O)(O)C(O)(O)C3(O)O)nc3ccccc32)c(O)c(O)c1Cl. The van der Waals surface area contributed by atoms with Crippen molar-refractivity contribution in [3.05, 3.63) is 40.7 Å². The third kappa shape index (κ3) is 3.23. The van der Waals surface area contributed by atoms with Crippen molar-refractivity contribution in [1.29, 1.82) is 0 Å². The Balaban J connectivity index is 2.00. The molecule has 37 heavy (non-hydrogen) atoms. The highest BCUT2D eigenvalue weighted by Crippen LogP contribution is 2.53. The van der Waals surface area contributed by atoms with Gasteiger partial charge in [-0.1, -0.05) is 23.7 Å². The lowest BCUT2D eigenvalue weighted by Gasteiger charge is -2.42. The van der Waals surface area contributed by atoms with Crippen LogP contribution in [0.5, 0.6) is 23.0 Å². The number of rotatable bonds is 4. The van der Waals surface area contributed by atoms with E-state index < -0.39 is 80.2 Å². The van der Waals surface area contributed by atoms with Crippen molar-refractivity contribution in [3.8, 4) is 23.0 Å². The molecule has 0 bridgehead atoms. The van der Waals surface area contributed by atoms with Gasteiger partial charge in [0.05, 0.1) is 23.1 Å². The lowest BCUT2D eigenvalue weighted by atomic mass is 10.1. The van der Waals surface area contributed by atoms with Gasteiger partial charge < -0.3 is 76.1 Å². The summed E-state index contributed by atoms with van der Waals surface area (Å²) >= 11 is 5.61. The zero-order chi connectivity index (χ0) is 28.1. The number of para-hydroxylation sites is 2. The van der Waals surface area contributed by atoms with Crippen LogP contribution < -0.4 is 0 Å². The first-order valence-electron chi connectivity index (χ1n) is 9.88. The quantitative estimate of drug-likeness (QED) is 0.0829. The summed E-state index contributed by atoms with van der Waals surface area (Å²) in [6.45, 7) is -0.941. The van der Waals surface area contributed by atoms with Gasteiger partial charge in [-0.15, -0.1) is 4.90 Å². The van der Waals surface area contributed by atoms with Crippen LogP contribution in [0.3, 0.4) is 0 Å². The van der Waals surface area contributed by atoms with E-state index in [1.165, 1.54) is 24.3 Å². The third-order valence-corrected chi connectivity index (χ3v) is 6.42. The van der Waals surface area contributed by atoms with E-state index in [9.17, 15) is 71.5 Å². The maximum Gasteiger partial charge on any atom is 0.298 e. The second kappa shape index (κ2) is 7.74. The molecule has 14 N–H and O–H groups in total. The minimum absolute atomic E-state index is 0.0987. The van der Waals surface area contributed by atoms with Crippen LogP contribution in [0.2, 0.25) is 5.02 Å². The normalized spacial score (nSPS) is 20.5. The molecular weight excluding hydrogens is 530 g/mol. The van der Waals surface area contributed by atoms with E-state index >= 15 is 0 Å². The predicted octanol–water partition coefficient (Wildman–Crippen LogP) is -4.39. The highest BCUT2D eigenvalue weighted by atomic mass is 35.5. The molecule has 4 rings (SSSR count). The molecule has 1 aliphatic rings. The van der Waals surface area contributed by atoms with E-state index in [1.807, 2.05) is 0 Å². The van der Waals surface area contributed by atoms with Crippen LogP contribution in [-0.2, 0) is 12.5 Å². The Kier molecular flexibility index (Phi) is 5.65. The Hall–Kier alpha value is -3.04. The zero-order valence-corrected chi connectivity index (χ0v) is 18.8. The molecule has 1 aliphatic heterocycles. The van der Waals surface area contributed by atoms with Crippen molar-refractivity contribution in [3.63, 3.8) is 0 Å². The van der Waals surface area contributed by atoms with Gasteiger partial charge in [0.25, 0.3) is 29.3 Å². The Labute approximate surface area is 208 Å². The van der Waals surface area contributed by atoms with E-state index in [4.69, 9.17) is 11.6 Å². The van der Waals surface area contributed by atoms with E-state index in [0.717, 1.165) is 0 Å². The van der Waals surface area contributed by atoms with Crippen LogP contribution in [0.15, 0.2) is 24.3 Å². The number of phenolic OH excluding ortho intramolecular Hbond substituents is 4. The summed E-state index contributed by atoms with van der Waals surface area (Å²) < 4.78 is 0.661. The van der Waals surface area contributed by atoms with E-state index in [-0.39, 0.29) is 11.0 Å². The highest BCUT2D eigenvalue weighted by molar-refractivity contribution is 6.34. The Bertz CT molecular complexity index is 1360. The number of benzene rings is 2. The minimum atomic E-state index is -4.67. The molecule has 1 aromatic heterocycles. The van der Waals surface area contributed by atoms with E-state index in [0.29, 0.717) is 4.57 Å². The van der Waals surface area contributed by atoms with Crippen molar-refractivity contribution in [1.82, 2.24) is 14.5 Å². The van der Waals surface area contributed by atoms with Crippen LogP contribution in [0.4, 0.5) is 0 Å². The van der Waals surface area contributed by atoms with Crippen LogP contribution in [-0.4, -0.2) is 109 Å². The summed E-state index contributed by atoms with van der Waals surface area (Å²) in [6, 6.07) is 5.30. The minimum Gasteiger partial charge on any atom is -0.504 e. The van der Waals surface area contributed by atoms with Crippen LogP contribution >= 0.6 is 11.6 Å². The number of nitrogens with zero attached hydrogens (tertiary/aromatic N) is 3. The van der Waals surface area contributed by atoms with Crippen molar-refractivity contribution in [2.45, 2.75) is 35.9 Å². The molecule has 1 fully saturated rings. The Morgan fingerprint density at radius 1 is 0.757 bits per heavy atom. The second-order valence-corrected chi connectivity index (χ2v) is 8.66. The molecule has 0 radical (unpaired) electrons. The molecule has 1 saturated heterocycles. The first-order chi connectivity index (χ1) is 16.7. The molecular formula is C19H20ClN3O14. The van der Waals surface area contributed by atoms with Gasteiger partial charge >= 0.3 is 0 Å². The number of halogens is 1. The average molecular weight is 550 g/mol. The standard InChI is InChI=1S/C19H20ClN3O14/c20-9-12(26)10(24)6(11(25)13(9)27)5-22-8-4-2-1-3-7(8)21-14(22)15(28,29)23-18(34,35)16(30,31)17(32,33)19(23,36)37/h1-4,24-37H,5H2. The van der Waals surface area contributed by atoms with Crippen LogP contribution in [0.1, 0.15) is 11.4 Å². The molecule has 17 nitrogen and oxygen atoms in total. The summed E-state index contributed by atoms with van der Waals surface area (Å²) in [5.41, 5.74) is -0.942. The summed E-state index contributed by atoms with van der Waals surface area (Å²) in [5.74, 6) is -28.5. The summed E-state index contributed by atoms with van der Waals surface area (Å²) in [5, 5.41) is 142. The molecule has 0 aliphatic carbocycles. The van der Waals surface area contributed by atoms with Gasteiger partial charge in [0.2, 0.25) is 0 Å². The number of aliphatic hydroxyl groups is 10. The second-order valence-electron chi connectivity index (χ2n) is 8.28. The van der Waals surface area contributed by atoms with Gasteiger partial charge in [0, 0.05) is 0 Å². The molecule has 0 atom stereocenters. The number of likely N-dealkylation sites (tertiary alicyclic amines) is 1. The smallest absolute Gasteiger partial charge is 0.298 e. The highest BCUT2D eigenvalue weighted by Gasteiger charge is 2.87. The zero-order valence-electron chi connectivity index (χ0n) is 18.0. The van der Waals surface area contributed by atoms with Crippen molar-refractivity contribution in [2.24, 2.45) is 0 Å². The van der Waals surface area contributed by atoms with Gasteiger partial charge in [0.15, 0.2) is 28.8 Å². The molecule has 2 heterocycles.